The van der Waals surface area contributed by atoms with E-state index in [1.54, 1.807) is 0 Å². The average Bonchev–Trinajstić information content (AvgIpc) is 2.75. The molecule has 2 aromatic heterocycles. The zero-order valence-corrected chi connectivity index (χ0v) is 8.98. The molecule has 6 nitrogen and oxygen atoms in total. The van der Waals surface area contributed by atoms with Crippen LogP contribution in [0.4, 0.5) is 5.69 Å². The van der Waals surface area contributed by atoms with Crippen molar-refractivity contribution in [2.24, 2.45) is 0 Å². The lowest BCUT2D eigenvalue weighted by atomic mass is 10.2. The Labute approximate surface area is 92.1 Å². The Hall–Kier alpha value is -2.24. The lowest BCUT2D eigenvalue weighted by Gasteiger charge is -2.06. The first-order valence-corrected chi connectivity index (χ1v) is 4.78. The summed E-state index contributed by atoms with van der Waals surface area (Å²) in [6.07, 6.45) is 1.37. The van der Waals surface area contributed by atoms with Gasteiger partial charge in [-0.3, -0.25) is 9.78 Å². The predicted octanol–water partition coefficient (Wildman–Crippen LogP) is 1.07. The molecule has 0 aliphatic rings. The molecule has 0 fully saturated rings. The number of carbonyl (C=O) groups excluding carboxylic acids is 1. The maximum Gasteiger partial charge on any atom is 0.277 e. The number of hydrogen-bond donors (Lipinski definition) is 2. The van der Waals surface area contributed by atoms with E-state index in [1.807, 2.05) is 26.0 Å². The highest BCUT2D eigenvalue weighted by atomic mass is 16.2. The molecule has 0 aliphatic carbocycles. The van der Waals surface area contributed by atoms with Gasteiger partial charge in [0, 0.05) is 5.69 Å². The summed E-state index contributed by atoms with van der Waals surface area (Å²) in [6, 6.07) is 3.65. The Morgan fingerprint density at radius 2 is 2.19 bits per heavy atom. The number of hydrogen-bond acceptors (Lipinski definition) is 4. The molecule has 0 saturated heterocycles. The number of H-pyrrole nitrogens is 1. The van der Waals surface area contributed by atoms with E-state index in [0.717, 1.165) is 11.4 Å². The van der Waals surface area contributed by atoms with Gasteiger partial charge in [-0.25, -0.2) is 0 Å². The van der Waals surface area contributed by atoms with Gasteiger partial charge >= 0.3 is 0 Å². The third-order valence-corrected chi connectivity index (χ3v) is 2.12. The van der Waals surface area contributed by atoms with Gasteiger partial charge in [-0.2, -0.15) is 15.4 Å². The molecule has 2 aromatic rings. The lowest BCUT2D eigenvalue weighted by Crippen LogP contribution is -2.13. The van der Waals surface area contributed by atoms with Crippen molar-refractivity contribution in [2.75, 3.05) is 5.32 Å². The Kier molecular flexibility index (Phi) is 2.63. The molecule has 0 aromatic carbocycles. The van der Waals surface area contributed by atoms with Crippen molar-refractivity contribution in [3.05, 3.63) is 35.4 Å². The summed E-state index contributed by atoms with van der Waals surface area (Å²) in [7, 11) is 0. The number of amides is 1. The SMILES string of the molecule is Cc1ccc(NC(=O)c2cn[nH]n2)c(C)n1. The van der Waals surface area contributed by atoms with Crippen LogP contribution in [0.5, 0.6) is 0 Å². The summed E-state index contributed by atoms with van der Waals surface area (Å²) in [4.78, 5) is 15.9. The van der Waals surface area contributed by atoms with Crippen molar-refractivity contribution >= 4 is 11.6 Å². The smallest absolute Gasteiger partial charge is 0.277 e. The quantitative estimate of drug-likeness (QED) is 0.788. The second kappa shape index (κ2) is 4.09. The van der Waals surface area contributed by atoms with Gasteiger partial charge in [0.15, 0.2) is 5.69 Å². The van der Waals surface area contributed by atoms with E-state index in [9.17, 15) is 4.79 Å². The van der Waals surface area contributed by atoms with E-state index in [4.69, 9.17) is 0 Å². The Morgan fingerprint density at radius 3 is 2.81 bits per heavy atom. The number of anilines is 1. The van der Waals surface area contributed by atoms with Crippen LogP contribution in [0.3, 0.4) is 0 Å². The second-order valence-corrected chi connectivity index (χ2v) is 3.39. The first kappa shape index (κ1) is 10.3. The van der Waals surface area contributed by atoms with Crippen molar-refractivity contribution in [3.63, 3.8) is 0 Å². The van der Waals surface area contributed by atoms with Crippen LogP contribution >= 0.6 is 0 Å². The zero-order valence-electron chi connectivity index (χ0n) is 8.98. The summed E-state index contributed by atoms with van der Waals surface area (Å²) in [6.45, 7) is 3.74. The highest BCUT2D eigenvalue weighted by Crippen LogP contribution is 2.13. The normalized spacial score (nSPS) is 10.1. The highest BCUT2D eigenvalue weighted by molar-refractivity contribution is 6.02. The van der Waals surface area contributed by atoms with E-state index in [2.05, 4.69) is 25.7 Å². The maximum atomic E-state index is 11.7. The third kappa shape index (κ3) is 2.05. The molecular formula is C10H11N5O. The lowest BCUT2D eigenvalue weighted by molar-refractivity contribution is 0.102. The van der Waals surface area contributed by atoms with Crippen LogP contribution in [0.2, 0.25) is 0 Å². The van der Waals surface area contributed by atoms with Crippen molar-refractivity contribution in [1.29, 1.82) is 0 Å². The molecule has 2 heterocycles. The van der Waals surface area contributed by atoms with Crippen molar-refractivity contribution < 1.29 is 4.79 Å². The van der Waals surface area contributed by atoms with E-state index in [0.29, 0.717) is 5.69 Å². The standard InChI is InChI=1S/C10H11N5O/c1-6-3-4-8(7(2)12-6)13-10(16)9-5-11-15-14-9/h3-5H,1-2H3,(H,13,16)(H,11,14,15). The summed E-state index contributed by atoms with van der Waals surface area (Å²) >= 11 is 0. The van der Waals surface area contributed by atoms with E-state index in [1.165, 1.54) is 6.20 Å². The zero-order chi connectivity index (χ0) is 11.5. The molecule has 0 bridgehead atoms. The van der Waals surface area contributed by atoms with Gasteiger partial charge in [0.25, 0.3) is 5.91 Å². The van der Waals surface area contributed by atoms with Crippen LogP contribution in [0, 0.1) is 13.8 Å². The van der Waals surface area contributed by atoms with E-state index >= 15 is 0 Å². The fourth-order valence-electron chi connectivity index (χ4n) is 1.32. The van der Waals surface area contributed by atoms with Crippen molar-refractivity contribution in [2.45, 2.75) is 13.8 Å². The predicted molar refractivity (Wildman–Crippen MR) is 58.0 cm³/mol. The number of aromatic amines is 1. The number of nitrogens with zero attached hydrogens (tertiary/aromatic N) is 3. The molecule has 1 amide bonds. The first-order valence-electron chi connectivity index (χ1n) is 4.78. The fourth-order valence-corrected chi connectivity index (χ4v) is 1.32. The summed E-state index contributed by atoms with van der Waals surface area (Å²) in [5, 5.41) is 12.4. The van der Waals surface area contributed by atoms with Crippen LogP contribution in [0.15, 0.2) is 18.3 Å². The molecular weight excluding hydrogens is 206 g/mol. The average molecular weight is 217 g/mol. The monoisotopic (exact) mass is 217 g/mol. The number of nitrogens with one attached hydrogen (secondary N) is 2. The van der Waals surface area contributed by atoms with Gasteiger partial charge in [0.2, 0.25) is 0 Å². The van der Waals surface area contributed by atoms with E-state index in [-0.39, 0.29) is 11.6 Å². The Balaban J connectivity index is 2.18. The van der Waals surface area contributed by atoms with Crippen LogP contribution in [0.1, 0.15) is 21.9 Å². The minimum atomic E-state index is -0.303. The second-order valence-electron chi connectivity index (χ2n) is 3.39. The molecule has 0 atom stereocenters. The number of aromatic nitrogens is 4. The van der Waals surface area contributed by atoms with Gasteiger partial charge in [-0.05, 0) is 26.0 Å². The summed E-state index contributed by atoms with van der Waals surface area (Å²) < 4.78 is 0. The summed E-state index contributed by atoms with van der Waals surface area (Å²) in [5.41, 5.74) is 2.62. The van der Waals surface area contributed by atoms with Gasteiger partial charge in [0.1, 0.15) is 0 Å². The van der Waals surface area contributed by atoms with Gasteiger partial charge in [0.05, 0.1) is 17.6 Å². The first-order chi connectivity index (χ1) is 7.66. The van der Waals surface area contributed by atoms with Crippen molar-refractivity contribution in [1.82, 2.24) is 20.4 Å². The maximum absolute atomic E-state index is 11.7. The minimum absolute atomic E-state index is 0.250. The van der Waals surface area contributed by atoms with Crippen LogP contribution in [0.25, 0.3) is 0 Å². The molecule has 0 spiro atoms. The van der Waals surface area contributed by atoms with Crippen LogP contribution in [-0.4, -0.2) is 26.3 Å². The minimum Gasteiger partial charge on any atom is -0.319 e. The Bertz CT molecular complexity index is 506. The van der Waals surface area contributed by atoms with E-state index < -0.39 is 0 Å². The van der Waals surface area contributed by atoms with Crippen LogP contribution < -0.4 is 5.32 Å². The van der Waals surface area contributed by atoms with Crippen LogP contribution in [-0.2, 0) is 0 Å². The molecule has 0 aliphatic heterocycles. The Morgan fingerprint density at radius 1 is 1.38 bits per heavy atom. The number of pyridine rings is 1. The number of aryl methyl sites for hydroxylation is 2. The molecule has 0 saturated carbocycles. The molecule has 82 valence electrons. The van der Waals surface area contributed by atoms with Gasteiger partial charge < -0.3 is 5.32 Å². The topological polar surface area (TPSA) is 83.6 Å². The van der Waals surface area contributed by atoms with Crippen molar-refractivity contribution in [3.8, 4) is 0 Å². The fraction of sp³-hybridized carbons (Fsp3) is 0.200. The molecule has 2 N–H and O–H groups in total. The molecule has 0 unspecified atom stereocenters. The third-order valence-electron chi connectivity index (χ3n) is 2.12. The number of rotatable bonds is 2. The van der Waals surface area contributed by atoms with Gasteiger partial charge in [-0.1, -0.05) is 0 Å². The van der Waals surface area contributed by atoms with Gasteiger partial charge in [-0.15, -0.1) is 0 Å². The molecule has 0 radical (unpaired) electrons. The highest BCUT2D eigenvalue weighted by Gasteiger charge is 2.10. The number of carbonyl (C=O) groups is 1. The summed E-state index contributed by atoms with van der Waals surface area (Å²) in [5.74, 6) is -0.303. The largest absolute Gasteiger partial charge is 0.319 e. The molecule has 2 rings (SSSR count). The molecule has 16 heavy (non-hydrogen) atoms. The molecule has 6 heteroatoms.